The number of carbonyl (C=O) groups is 3. The van der Waals surface area contributed by atoms with Crippen LogP contribution in [0.1, 0.15) is 41.7 Å². The summed E-state index contributed by atoms with van der Waals surface area (Å²) in [4.78, 5) is 41.2. The quantitative estimate of drug-likeness (QED) is 0.670. The first kappa shape index (κ1) is 23.0. The molecule has 7 nitrogen and oxygen atoms in total. The number of carbonyl (C=O) groups excluding carboxylic acids is 3. The molecule has 2 aromatic rings. The smallest absolute Gasteiger partial charge is 0.313 e. The molecule has 0 radical (unpaired) electrons. The van der Waals surface area contributed by atoms with Crippen LogP contribution in [0.3, 0.4) is 0 Å². The predicted octanol–water partition coefficient (Wildman–Crippen LogP) is 3.43. The van der Waals surface area contributed by atoms with Crippen LogP contribution >= 0.6 is 11.3 Å². The standard InChI is InChI=1S/C23H29N3O4S/c1-14(2)23(29)26-11-5-6-16-8-9-17(12-18(16)26)25-22(28)21(27)24-13-19(30-4)20-10-7-15(3)31-20/h7-10,12,14,19H,5-6,11,13H2,1-4H3,(H,24,27)(H,25,28)/t19-/m1/s1. The van der Waals surface area contributed by atoms with Crippen molar-refractivity contribution in [2.24, 2.45) is 5.92 Å². The van der Waals surface area contributed by atoms with Crippen LogP contribution in [0.15, 0.2) is 30.3 Å². The molecule has 0 saturated carbocycles. The zero-order valence-electron chi connectivity index (χ0n) is 18.4. The lowest BCUT2D eigenvalue weighted by Gasteiger charge is -2.31. The summed E-state index contributed by atoms with van der Waals surface area (Å²) in [5.41, 5.74) is 2.35. The second-order valence-corrected chi connectivity index (χ2v) is 9.25. The van der Waals surface area contributed by atoms with Crippen molar-refractivity contribution in [1.82, 2.24) is 5.32 Å². The number of amides is 3. The van der Waals surface area contributed by atoms with E-state index in [-0.39, 0.29) is 24.5 Å². The molecular formula is C23H29N3O4S. The van der Waals surface area contributed by atoms with Crippen LogP contribution in [0.2, 0.25) is 0 Å². The Morgan fingerprint density at radius 1 is 1.16 bits per heavy atom. The van der Waals surface area contributed by atoms with E-state index < -0.39 is 11.8 Å². The van der Waals surface area contributed by atoms with Crippen LogP contribution in [-0.2, 0) is 25.5 Å². The molecule has 0 unspecified atom stereocenters. The molecule has 3 rings (SSSR count). The van der Waals surface area contributed by atoms with Crippen molar-refractivity contribution in [3.63, 3.8) is 0 Å². The highest BCUT2D eigenvalue weighted by molar-refractivity contribution is 7.12. The Morgan fingerprint density at radius 2 is 1.94 bits per heavy atom. The van der Waals surface area contributed by atoms with Crippen molar-refractivity contribution in [3.05, 3.63) is 45.6 Å². The first-order valence-corrected chi connectivity index (χ1v) is 11.2. The molecule has 1 aliphatic heterocycles. The van der Waals surface area contributed by atoms with Crippen LogP contribution in [0.25, 0.3) is 0 Å². The van der Waals surface area contributed by atoms with E-state index in [4.69, 9.17) is 4.74 Å². The fourth-order valence-electron chi connectivity index (χ4n) is 3.57. The summed E-state index contributed by atoms with van der Waals surface area (Å²) in [7, 11) is 1.57. The molecule has 1 atom stereocenters. The van der Waals surface area contributed by atoms with Crippen LogP contribution in [-0.4, -0.2) is 37.9 Å². The van der Waals surface area contributed by atoms with E-state index in [0.717, 1.165) is 33.8 Å². The molecule has 3 amide bonds. The van der Waals surface area contributed by atoms with Gasteiger partial charge in [-0.3, -0.25) is 14.4 Å². The minimum absolute atomic E-state index is 0.0524. The average molecular weight is 444 g/mol. The third kappa shape index (κ3) is 5.51. The number of rotatable bonds is 6. The first-order valence-electron chi connectivity index (χ1n) is 10.4. The SMILES string of the molecule is CO[C@H](CNC(=O)C(=O)Nc1ccc2c(c1)N(C(=O)C(C)C)CCC2)c1ccc(C)s1. The molecule has 1 aliphatic rings. The molecule has 0 saturated heterocycles. The maximum absolute atomic E-state index is 12.6. The van der Waals surface area contributed by atoms with Crippen molar-refractivity contribution in [2.45, 2.75) is 39.7 Å². The summed E-state index contributed by atoms with van der Waals surface area (Å²) in [6, 6.07) is 9.39. The topological polar surface area (TPSA) is 87.7 Å². The van der Waals surface area contributed by atoms with E-state index >= 15 is 0 Å². The lowest BCUT2D eigenvalue weighted by molar-refractivity contribution is -0.136. The van der Waals surface area contributed by atoms with Crippen molar-refractivity contribution < 1.29 is 19.1 Å². The lowest BCUT2D eigenvalue weighted by Crippen LogP contribution is -2.39. The number of hydrogen-bond donors (Lipinski definition) is 2. The van der Waals surface area contributed by atoms with Gasteiger partial charge in [0.15, 0.2) is 0 Å². The number of aryl methyl sites for hydroxylation is 2. The Labute approximate surface area is 186 Å². The number of benzene rings is 1. The van der Waals surface area contributed by atoms with Gasteiger partial charge in [-0.05, 0) is 49.6 Å². The van der Waals surface area contributed by atoms with Gasteiger partial charge in [-0.1, -0.05) is 19.9 Å². The van der Waals surface area contributed by atoms with Gasteiger partial charge in [-0.15, -0.1) is 11.3 Å². The maximum Gasteiger partial charge on any atom is 0.313 e. The summed E-state index contributed by atoms with van der Waals surface area (Å²) in [5, 5.41) is 5.27. The monoisotopic (exact) mass is 443 g/mol. The van der Waals surface area contributed by atoms with Gasteiger partial charge < -0.3 is 20.3 Å². The molecule has 0 bridgehead atoms. The summed E-state index contributed by atoms with van der Waals surface area (Å²) in [5.74, 6) is -1.55. The Bertz CT molecular complexity index is 969. The summed E-state index contributed by atoms with van der Waals surface area (Å²) in [6.45, 7) is 6.60. The second-order valence-electron chi connectivity index (χ2n) is 7.93. The average Bonchev–Trinajstić information content (AvgIpc) is 3.18. The van der Waals surface area contributed by atoms with Crippen LogP contribution in [0.5, 0.6) is 0 Å². The number of ether oxygens (including phenoxy) is 1. The van der Waals surface area contributed by atoms with Gasteiger partial charge in [0.1, 0.15) is 6.10 Å². The number of thiophene rings is 1. The maximum atomic E-state index is 12.6. The number of methoxy groups -OCH3 is 1. The molecule has 2 N–H and O–H groups in total. The highest BCUT2D eigenvalue weighted by atomic mass is 32.1. The number of nitrogens with one attached hydrogen (secondary N) is 2. The predicted molar refractivity (Wildman–Crippen MR) is 122 cm³/mol. The van der Waals surface area contributed by atoms with Crippen molar-refractivity contribution in [2.75, 3.05) is 30.4 Å². The molecule has 0 spiro atoms. The van der Waals surface area contributed by atoms with Gasteiger partial charge in [0.2, 0.25) is 5.91 Å². The zero-order chi connectivity index (χ0) is 22.5. The summed E-state index contributed by atoms with van der Waals surface area (Å²) in [6.07, 6.45) is 1.48. The third-order valence-electron chi connectivity index (χ3n) is 5.24. The highest BCUT2D eigenvalue weighted by Gasteiger charge is 2.25. The molecule has 0 fully saturated rings. The Kier molecular flexibility index (Phi) is 7.46. The van der Waals surface area contributed by atoms with E-state index in [1.165, 1.54) is 0 Å². The van der Waals surface area contributed by atoms with Crippen LogP contribution < -0.4 is 15.5 Å². The van der Waals surface area contributed by atoms with Crippen molar-refractivity contribution >= 4 is 40.4 Å². The van der Waals surface area contributed by atoms with Gasteiger partial charge in [0, 0.05) is 47.2 Å². The molecule has 0 aliphatic carbocycles. The Balaban J connectivity index is 1.64. The first-order chi connectivity index (χ1) is 14.8. The number of hydrogen-bond acceptors (Lipinski definition) is 5. The highest BCUT2D eigenvalue weighted by Crippen LogP contribution is 2.31. The lowest BCUT2D eigenvalue weighted by atomic mass is 9.99. The number of fused-ring (bicyclic) bond motifs is 1. The minimum atomic E-state index is -0.755. The number of nitrogens with zero attached hydrogens (tertiary/aromatic N) is 1. The van der Waals surface area contributed by atoms with Crippen LogP contribution in [0, 0.1) is 12.8 Å². The molecule has 1 aromatic heterocycles. The molecular weight excluding hydrogens is 414 g/mol. The fourth-order valence-corrected chi connectivity index (χ4v) is 4.53. The van der Waals surface area contributed by atoms with E-state index in [9.17, 15) is 14.4 Å². The van der Waals surface area contributed by atoms with Gasteiger partial charge in [0.05, 0.1) is 0 Å². The van der Waals surface area contributed by atoms with Gasteiger partial charge in [-0.2, -0.15) is 0 Å². The van der Waals surface area contributed by atoms with Gasteiger partial charge in [-0.25, -0.2) is 0 Å². The fraction of sp³-hybridized carbons (Fsp3) is 0.435. The van der Waals surface area contributed by atoms with Crippen molar-refractivity contribution in [1.29, 1.82) is 0 Å². The van der Waals surface area contributed by atoms with E-state index in [2.05, 4.69) is 10.6 Å². The summed E-state index contributed by atoms with van der Waals surface area (Å²) >= 11 is 1.59. The van der Waals surface area contributed by atoms with Crippen LogP contribution in [0.4, 0.5) is 11.4 Å². The molecule has 8 heteroatoms. The zero-order valence-corrected chi connectivity index (χ0v) is 19.2. The normalized spacial score (nSPS) is 14.2. The Hall–Kier alpha value is -2.71. The Morgan fingerprint density at radius 3 is 2.58 bits per heavy atom. The molecule has 166 valence electrons. The second kappa shape index (κ2) is 10.1. The van der Waals surface area contributed by atoms with Gasteiger partial charge in [0.25, 0.3) is 0 Å². The van der Waals surface area contributed by atoms with E-state index in [1.807, 2.05) is 39.0 Å². The molecule has 2 heterocycles. The molecule has 1 aromatic carbocycles. The van der Waals surface area contributed by atoms with Gasteiger partial charge >= 0.3 is 11.8 Å². The summed E-state index contributed by atoms with van der Waals surface area (Å²) < 4.78 is 5.44. The van der Waals surface area contributed by atoms with Crippen molar-refractivity contribution in [3.8, 4) is 0 Å². The minimum Gasteiger partial charge on any atom is -0.374 e. The molecule has 31 heavy (non-hydrogen) atoms. The number of anilines is 2. The largest absolute Gasteiger partial charge is 0.374 e. The third-order valence-corrected chi connectivity index (χ3v) is 6.33. The van der Waals surface area contributed by atoms with E-state index in [0.29, 0.717) is 12.2 Å². The van der Waals surface area contributed by atoms with E-state index in [1.54, 1.807) is 35.5 Å².